The first-order valence-electron chi connectivity index (χ1n) is 4.95. The van der Waals surface area contributed by atoms with E-state index in [2.05, 4.69) is 13.8 Å². The average molecular weight is 190 g/mol. The Balaban J connectivity index is 2.18. The summed E-state index contributed by atoms with van der Waals surface area (Å²) in [4.78, 5) is 11.2. The van der Waals surface area contributed by atoms with Crippen LogP contribution in [0, 0.1) is 11.8 Å². The number of cyclic esters (lactones) is 1. The lowest BCUT2D eigenvalue weighted by Crippen LogP contribution is -2.41. The molecule has 2 unspecified atom stereocenters. The summed E-state index contributed by atoms with van der Waals surface area (Å²) in [7, 11) is 0. The highest BCUT2D eigenvalue weighted by molar-refractivity contribution is 5.79. The number of esters is 1. The van der Waals surface area contributed by atoms with Crippen LogP contribution < -0.4 is 0 Å². The molecule has 74 valence electrons. The van der Waals surface area contributed by atoms with Crippen LogP contribution >= 0.6 is 0 Å². The zero-order chi connectivity index (χ0) is 10.1. The largest absolute Gasteiger partial charge is 0.456 e. The lowest BCUT2D eigenvalue weighted by Gasteiger charge is -2.37. The average Bonchev–Trinajstić information content (AvgIpc) is 2.14. The number of ether oxygens (including phenoxy) is 1. The van der Waals surface area contributed by atoms with Crippen LogP contribution in [0.4, 0.5) is 0 Å². The van der Waals surface area contributed by atoms with E-state index in [0.29, 0.717) is 5.92 Å². The minimum Gasteiger partial charge on any atom is -0.456 e. The molecule has 2 atom stereocenters. The van der Waals surface area contributed by atoms with E-state index < -0.39 is 0 Å². The number of hydrogen-bond acceptors (Lipinski definition) is 2. The first-order valence-corrected chi connectivity index (χ1v) is 4.95. The molecular weight excluding hydrogens is 176 g/mol. The highest BCUT2D eigenvalue weighted by Crippen LogP contribution is 2.40. The Kier molecular flexibility index (Phi) is 2.28. The molecule has 1 aromatic carbocycles. The van der Waals surface area contributed by atoms with Crippen molar-refractivity contribution < 1.29 is 9.53 Å². The lowest BCUT2D eigenvalue weighted by molar-refractivity contribution is -0.190. The quantitative estimate of drug-likeness (QED) is 0.670. The van der Waals surface area contributed by atoms with Crippen molar-refractivity contribution in [1.29, 1.82) is 0 Å². The monoisotopic (exact) mass is 190 g/mol. The molecule has 1 aliphatic heterocycles. The van der Waals surface area contributed by atoms with Gasteiger partial charge in [0.25, 0.3) is 0 Å². The molecule has 1 saturated heterocycles. The molecule has 1 aliphatic rings. The highest BCUT2D eigenvalue weighted by atomic mass is 16.6. The molecule has 0 aromatic heterocycles. The molecule has 2 heteroatoms. The number of carbonyl (C=O) groups excluding carboxylic acids is 1. The summed E-state index contributed by atoms with van der Waals surface area (Å²) in [6.07, 6.45) is -0.0244. The molecule has 0 N–H and O–H groups in total. The van der Waals surface area contributed by atoms with Crippen molar-refractivity contribution in [2.24, 2.45) is 11.8 Å². The maximum atomic E-state index is 11.2. The summed E-state index contributed by atoms with van der Waals surface area (Å²) in [5, 5.41) is 0. The van der Waals surface area contributed by atoms with Gasteiger partial charge in [0.1, 0.15) is 12.0 Å². The van der Waals surface area contributed by atoms with Gasteiger partial charge in [0.2, 0.25) is 0 Å². The van der Waals surface area contributed by atoms with Crippen LogP contribution in [0.25, 0.3) is 0 Å². The van der Waals surface area contributed by atoms with Gasteiger partial charge in [-0.05, 0) is 11.5 Å². The van der Waals surface area contributed by atoms with Gasteiger partial charge in [0.05, 0.1) is 0 Å². The van der Waals surface area contributed by atoms with Gasteiger partial charge in [0.15, 0.2) is 0 Å². The Labute approximate surface area is 83.9 Å². The second kappa shape index (κ2) is 3.45. The van der Waals surface area contributed by atoms with Gasteiger partial charge in [0, 0.05) is 0 Å². The van der Waals surface area contributed by atoms with Gasteiger partial charge >= 0.3 is 5.97 Å². The number of rotatable bonds is 2. The summed E-state index contributed by atoms with van der Waals surface area (Å²) in [6.45, 7) is 4.11. The van der Waals surface area contributed by atoms with E-state index in [-0.39, 0.29) is 18.0 Å². The van der Waals surface area contributed by atoms with E-state index in [0.717, 1.165) is 5.56 Å². The predicted octanol–water partition coefficient (Wildman–Crippen LogP) is 2.56. The Hall–Kier alpha value is -1.31. The van der Waals surface area contributed by atoms with Crippen LogP contribution in [0.5, 0.6) is 0 Å². The van der Waals surface area contributed by atoms with Crippen LogP contribution in [-0.2, 0) is 9.53 Å². The van der Waals surface area contributed by atoms with Crippen molar-refractivity contribution in [3.05, 3.63) is 35.9 Å². The molecule has 2 nitrogen and oxygen atoms in total. The molecule has 1 heterocycles. The van der Waals surface area contributed by atoms with Gasteiger partial charge in [-0.15, -0.1) is 0 Å². The predicted molar refractivity (Wildman–Crippen MR) is 53.6 cm³/mol. The molecular formula is C12H14O2. The second-order valence-electron chi connectivity index (χ2n) is 4.04. The Morgan fingerprint density at radius 3 is 2.36 bits per heavy atom. The fourth-order valence-corrected chi connectivity index (χ4v) is 1.87. The number of carbonyl (C=O) groups is 1. The van der Waals surface area contributed by atoms with E-state index in [1.807, 2.05) is 30.3 Å². The molecule has 0 spiro atoms. The van der Waals surface area contributed by atoms with Crippen molar-refractivity contribution in [3.63, 3.8) is 0 Å². The zero-order valence-corrected chi connectivity index (χ0v) is 8.44. The standard InChI is InChI=1S/C12H14O2/c1-8(2)10-11(14-12(10)13)9-6-4-3-5-7-9/h3-8,10-11H,1-2H3. The van der Waals surface area contributed by atoms with Gasteiger partial charge in [-0.3, -0.25) is 4.79 Å². The smallest absolute Gasteiger partial charge is 0.313 e. The summed E-state index contributed by atoms with van der Waals surface area (Å²) in [5.41, 5.74) is 1.10. The van der Waals surface area contributed by atoms with Crippen LogP contribution in [0.15, 0.2) is 30.3 Å². The summed E-state index contributed by atoms with van der Waals surface area (Å²) < 4.78 is 5.16. The highest BCUT2D eigenvalue weighted by Gasteiger charge is 2.44. The lowest BCUT2D eigenvalue weighted by atomic mass is 9.82. The van der Waals surface area contributed by atoms with Crippen LogP contribution in [-0.4, -0.2) is 5.97 Å². The topological polar surface area (TPSA) is 26.3 Å². The third-order valence-corrected chi connectivity index (χ3v) is 2.69. The zero-order valence-electron chi connectivity index (χ0n) is 8.44. The molecule has 1 aromatic rings. The summed E-state index contributed by atoms with van der Waals surface area (Å²) >= 11 is 0. The molecule has 2 rings (SSSR count). The van der Waals surface area contributed by atoms with Gasteiger partial charge in [-0.2, -0.15) is 0 Å². The Morgan fingerprint density at radius 2 is 1.86 bits per heavy atom. The van der Waals surface area contributed by atoms with Gasteiger partial charge in [-0.25, -0.2) is 0 Å². The maximum Gasteiger partial charge on any atom is 0.313 e. The van der Waals surface area contributed by atoms with E-state index in [1.165, 1.54) is 0 Å². The van der Waals surface area contributed by atoms with E-state index in [1.54, 1.807) is 0 Å². The molecule has 0 aliphatic carbocycles. The fraction of sp³-hybridized carbons (Fsp3) is 0.417. The number of hydrogen-bond donors (Lipinski definition) is 0. The SMILES string of the molecule is CC(C)C1C(=O)OC1c1ccccc1. The minimum absolute atomic E-state index is 0.0244. The molecule has 14 heavy (non-hydrogen) atoms. The first-order chi connectivity index (χ1) is 6.70. The van der Waals surface area contributed by atoms with Crippen LogP contribution in [0.2, 0.25) is 0 Å². The Bertz CT molecular complexity index is 329. The minimum atomic E-state index is -0.0612. The van der Waals surface area contributed by atoms with Crippen molar-refractivity contribution in [2.75, 3.05) is 0 Å². The molecule has 0 bridgehead atoms. The number of benzene rings is 1. The maximum absolute atomic E-state index is 11.2. The fourth-order valence-electron chi connectivity index (χ4n) is 1.87. The van der Waals surface area contributed by atoms with Crippen molar-refractivity contribution in [2.45, 2.75) is 20.0 Å². The van der Waals surface area contributed by atoms with Crippen molar-refractivity contribution in [3.8, 4) is 0 Å². The van der Waals surface area contributed by atoms with Gasteiger partial charge in [-0.1, -0.05) is 44.2 Å². The van der Waals surface area contributed by atoms with E-state index in [9.17, 15) is 4.79 Å². The van der Waals surface area contributed by atoms with E-state index >= 15 is 0 Å². The summed E-state index contributed by atoms with van der Waals surface area (Å²) in [6, 6.07) is 9.92. The molecule has 0 amide bonds. The van der Waals surface area contributed by atoms with Crippen LogP contribution in [0.3, 0.4) is 0 Å². The summed E-state index contributed by atoms with van der Waals surface area (Å²) in [5.74, 6) is 0.327. The van der Waals surface area contributed by atoms with Crippen molar-refractivity contribution in [1.82, 2.24) is 0 Å². The van der Waals surface area contributed by atoms with Crippen LogP contribution in [0.1, 0.15) is 25.5 Å². The molecule has 1 fully saturated rings. The third-order valence-electron chi connectivity index (χ3n) is 2.69. The van der Waals surface area contributed by atoms with Gasteiger partial charge < -0.3 is 4.74 Å². The third kappa shape index (κ3) is 1.41. The van der Waals surface area contributed by atoms with E-state index in [4.69, 9.17) is 4.74 Å². The molecule has 0 saturated carbocycles. The second-order valence-corrected chi connectivity index (χ2v) is 4.04. The van der Waals surface area contributed by atoms with Crippen molar-refractivity contribution >= 4 is 5.97 Å². The first kappa shape index (κ1) is 9.25. The normalized spacial score (nSPS) is 25.8. The Morgan fingerprint density at radius 1 is 1.21 bits per heavy atom. The molecule has 0 radical (unpaired) electrons.